The molecule has 0 fully saturated rings. The first-order valence-corrected chi connectivity index (χ1v) is 5.96. The number of hydrogen-bond acceptors (Lipinski definition) is 4. The minimum absolute atomic E-state index is 0.0678. The number of amides is 1. The highest BCUT2D eigenvalue weighted by molar-refractivity contribution is 6.33. The van der Waals surface area contributed by atoms with Crippen LogP contribution in [0.1, 0.15) is 10.4 Å². The molecular formula is C13H10ClN3O3. The highest BCUT2D eigenvalue weighted by atomic mass is 35.5. The molecule has 1 amide bonds. The summed E-state index contributed by atoms with van der Waals surface area (Å²) in [5.74, 6) is -0.445. The lowest BCUT2D eigenvalue weighted by molar-refractivity contribution is -0.383. The van der Waals surface area contributed by atoms with Crippen molar-refractivity contribution in [1.82, 2.24) is 0 Å². The zero-order valence-corrected chi connectivity index (χ0v) is 10.9. The molecule has 0 aliphatic heterocycles. The highest BCUT2D eigenvalue weighted by Crippen LogP contribution is 2.24. The Morgan fingerprint density at radius 2 is 1.95 bits per heavy atom. The third-order valence-corrected chi connectivity index (χ3v) is 2.94. The molecule has 2 aromatic rings. The van der Waals surface area contributed by atoms with E-state index in [-0.39, 0.29) is 16.9 Å². The van der Waals surface area contributed by atoms with E-state index in [4.69, 9.17) is 17.3 Å². The molecule has 6 nitrogen and oxygen atoms in total. The highest BCUT2D eigenvalue weighted by Gasteiger charge is 2.15. The van der Waals surface area contributed by atoms with Gasteiger partial charge in [-0.1, -0.05) is 23.7 Å². The molecule has 0 spiro atoms. The SMILES string of the molecule is Nc1cc(C(=O)Nc2ccccc2Cl)ccc1[N+](=O)[O-]. The van der Waals surface area contributed by atoms with Crippen LogP contribution in [0, 0.1) is 10.1 Å². The molecule has 20 heavy (non-hydrogen) atoms. The number of hydrogen-bond donors (Lipinski definition) is 2. The molecule has 0 aliphatic carbocycles. The number of nitro benzene ring substituents is 1. The average Bonchev–Trinajstić information content (AvgIpc) is 2.40. The summed E-state index contributed by atoms with van der Waals surface area (Å²) in [4.78, 5) is 22.0. The Bertz CT molecular complexity index is 688. The first kappa shape index (κ1) is 13.8. The van der Waals surface area contributed by atoms with E-state index in [0.29, 0.717) is 10.7 Å². The van der Waals surface area contributed by atoms with Crippen molar-refractivity contribution in [3.05, 3.63) is 63.2 Å². The summed E-state index contributed by atoms with van der Waals surface area (Å²) in [6, 6.07) is 10.5. The van der Waals surface area contributed by atoms with Gasteiger partial charge >= 0.3 is 0 Å². The number of halogens is 1. The normalized spacial score (nSPS) is 10.1. The van der Waals surface area contributed by atoms with Crippen molar-refractivity contribution in [3.63, 3.8) is 0 Å². The van der Waals surface area contributed by atoms with Crippen LogP contribution >= 0.6 is 11.6 Å². The third kappa shape index (κ3) is 2.86. The van der Waals surface area contributed by atoms with Crippen LogP contribution in [0.15, 0.2) is 42.5 Å². The number of nitrogens with zero attached hydrogens (tertiary/aromatic N) is 1. The minimum atomic E-state index is -0.606. The van der Waals surface area contributed by atoms with Crippen molar-refractivity contribution in [2.45, 2.75) is 0 Å². The summed E-state index contributed by atoms with van der Waals surface area (Å²) in [5.41, 5.74) is 5.90. The average molecular weight is 292 g/mol. The van der Waals surface area contributed by atoms with E-state index in [1.807, 2.05) is 0 Å². The molecule has 2 rings (SSSR count). The van der Waals surface area contributed by atoms with Crippen LogP contribution in [0.3, 0.4) is 0 Å². The van der Waals surface area contributed by atoms with E-state index in [9.17, 15) is 14.9 Å². The fourth-order valence-electron chi connectivity index (χ4n) is 1.62. The molecule has 2 aromatic carbocycles. The fraction of sp³-hybridized carbons (Fsp3) is 0. The Labute approximate surface area is 119 Å². The Kier molecular flexibility index (Phi) is 3.86. The smallest absolute Gasteiger partial charge is 0.292 e. The molecule has 0 heterocycles. The predicted octanol–water partition coefficient (Wildman–Crippen LogP) is 3.08. The molecule has 7 heteroatoms. The largest absolute Gasteiger partial charge is 0.393 e. The van der Waals surface area contributed by atoms with Crippen molar-refractivity contribution < 1.29 is 9.72 Å². The van der Waals surface area contributed by atoms with Gasteiger partial charge in [-0.2, -0.15) is 0 Å². The zero-order valence-electron chi connectivity index (χ0n) is 10.2. The number of nitrogens with one attached hydrogen (secondary N) is 1. The number of para-hydroxylation sites is 1. The molecule has 0 aliphatic rings. The molecule has 0 aromatic heterocycles. The van der Waals surface area contributed by atoms with E-state index < -0.39 is 10.8 Å². The van der Waals surface area contributed by atoms with E-state index in [2.05, 4.69) is 5.32 Å². The van der Waals surface area contributed by atoms with Gasteiger partial charge < -0.3 is 11.1 Å². The first-order chi connectivity index (χ1) is 9.49. The van der Waals surface area contributed by atoms with E-state index in [1.54, 1.807) is 24.3 Å². The maximum absolute atomic E-state index is 12.0. The maximum atomic E-state index is 12.0. The third-order valence-electron chi connectivity index (χ3n) is 2.61. The van der Waals surface area contributed by atoms with Gasteiger partial charge in [-0.3, -0.25) is 14.9 Å². The topological polar surface area (TPSA) is 98.3 Å². The van der Waals surface area contributed by atoms with Crippen molar-refractivity contribution in [3.8, 4) is 0 Å². The lowest BCUT2D eigenvalue weighted by atomic mass is 10.1. The van der Waals surface area contributed by atoms with Gasteiger partial charge in [0.1, 0.15) is 5.69 Å². The minimum Gasteiger partial charge on any atom is -0.393 e. The monoisotopic (exact) mass is 291 g/mol. The summed E-state index contributed by atoms with van der Waals surface area (Å²) >= 11 is 5.93. The van der Waals surface area contributed by atoms with Gasteiger partial charge in [-0.15, -0.1) is 0 Å². The Balaban J connectivity index is 2.24. The number of nitrogens with two attached hydrogens (primary N) is 1. The molecule has 102 valence electrons. The van der Waals surface area contributed by atoms with Crippen LogP contribution in [-0.4, -0.2) is 10.8 Å². The predicted molar refractivity (Wildman–Crippen MR) is 76.9 cm³/mol. The van der Waals surface area contributed by atoms with Gasteiger partial charge in [-0.25, -0.2) is 0 Å². The van der Waals surface area contributed by atoms with Crippen LogP contribution in [0.25, 0.3) is 0 Å². The summed E-state index contributed by atoms with van der Waals surface area (Å²) in [6.07, 6.45) is 0. The number of carbonyl (C=O) groups is 1. The summed E-state index contributed by atoms with van der Waals surface area (Å²) in [6.45, 7) is 0. The first-order valence-electron chi connectivity index (χ1n) is 5.59. The number of anilines is 2. The number of carbonyl (C=O) groups excluding carboxylic acids is 1. The van der Waals surface area contributed by atoms with Crippen molar-refractivity contribution >= 4 is 34.6 Å². The molecule has 3 N–H and O–H groups in total. The molecule has 0 atom stereocenters. The van der Waals surface area contributed by atoms with E-state index in [0.717, 1.165) is 0 Å². The Morgan fingerprint density at radius 1 is 1.25 bits per heavy atom. The Morgan fingerprint density at radius 3 is 2.55 bits per heavy atom. The lowest BCUT2D eigenvalue weighted by Gasteiger charge is -2.07. The summed E-state index contributed by atoms with van der Waals surface area (Å²) in [5, 5.41) is 13.7. The van der Waals surface area contributed by atoms with Crippen LogP contribution < -0.4 is 11.1 Å². The van der Waals surface area contributed by atoms with E-state index >= 15 is 0 Å². The van der Waals surface area contributed by atoms with Crippen LogP contribution in [0.4, 0.5) is 17.1 Å². The van der Waals surface area contributed by atoms with Crippen LogP contribution in [0.2, 0.25) is 5.02 Å². The molecular weight excluding hydrogens is 282 g/mol. The van der Waals surface area contributed by atoms with E-state index in [1.165, 1.54) is 18.2 Å². The molecule has 0 saturated carbocycles. The number of nitro groups is 1. The molecule has 0 saturated heterocycles. The molecule has 0 radical (unpaired) electrons. The van der Waals surface area contributed by atoms with Gasteiger partial charge in [0.05, 0.1) is 15.6 Å². The van der Waals surface area contributed by atoms with Crippen LogP contribution in [0.5, 0.6) is 0 Å². The standard InChI is InChI=1S/C13H10ClN3O3/c14-9-3-1-2-4-11(9)16-13(18)8-5-6-12(17(19)20)10(15)7-8/h1-7H,15H2,(H,16,18). The number of rotatable bonds is 3. The van der Waals surface area contributed by atoms with Gasteiger partial charge in [0.25, 0.3) is 11.6 Å². The number of benzene rings is 2. The summed E-state index contributed by atoms with van der Waals surface area (Å²) in [7, 11) is 0. The number of nitrogen functional groups attached to an aromatic ring is 1. The van der Waals surface area contributed by atoms with Crippen LogP contribution in [-0.2, 0) is 0 Å². The quantitative estimate of drug-likeness (QED) is 0.516. The second-order valence-corrected chi connectivity index (χ2v) is 4.37. The van der Waals surface area contributed by atoms with Crippen molar-refractivity contribution in [2.24, 2.45) is 0 Å². The van der Waals surface area contributed by atoms with Crippen molar-refractivity contribution in [1.29, 1.82) is 0 Å². The second kappa shape index (κ2) is 5.58. The van der Waals surface area contributed by atoms with Gasteiger partial charge in [0, 0.05) is 11.6 Å². The lowest BCUT2D eigenvalue weighted by Crippen LogP contribution is -2.12. The van der Waals surface area contributed by atoms with Gasteiger partial charge in [0.2, 0.25) is 0 Å². The molecule has 0 bridgehead atoms. The Hall–Kier alpha value is -2.60. The maximum Gasteiger partial charge on any atom is 0.292 e. The summed E-state index contributed by atoms with van der Waals surface area (Å²) < 4.78 is 0. The second-order valence-electron chi connectivity index (χ2n) is 3.96. The van der Waals surface area contributed by atoms with Gasteiger partial charge in [0.15, 0.2) is 0 Å². The zero-order chi connectivity index (χ0) is 14.7. The van der Waals surface area contributed by atoms with Gasteiger partial charge in [-0.05, 0) is 24.3 Å². The molecule has 0 unspecified atom stereocenters. The fourth-order valence-corrected chi connectivity index (χ4v) is 1.80. The van der Waals surface area contributed by atoms with Crippen molar-refractivity contribution in [2.75, 3.05) is 11.1 Å².